The molecule has 22 heavy (non-hydrogen) atoms. The first-order valence-electron chi connectivity index (χ1n) is 7.91. The maximum Gasteiger partial charge on any atom is 0.241 e. The van der Waals surface area contributed by atoms with Crippen LogP contribution >= 0.6 is 0 Å². The number of carbonyl (C=O) groups excluding carboxylic acids is 1. The van der Waals surface area contributed by atoms with Crippen molar-refractivity contribution < 1.29 is 4.79 Å². The van der Waals surface area contributed by atoms with Crippen molar-refractivity contribution >= 4 is 5.91 Å². The molecule has 1 aromatic heterocycles. The Morgan fingerprint density at radius 1 is 1.23 bits per heavy atom. The third kappa shape index (κ3) is 3.72. The maximum atomic E-state index is 12.1. The van der Waals surface area contributed by atoms with Gasteiger partial charge in [0.25, 0.3) is 0 Å². The Balaban J connectivity index is 1.58. The van der Waals surface area contributed by atoms with Crippen molar-refractivity contribution in [1.82, 2.24) is 20.3 Å². The summed E-state index contributed by atoms with van der Waals surface area (Å²) in [7, 11) is 0. The van der Waals surface area contributed by atoms with E-state index in [1.165, 1.54) is 31.2 Å². The molecule has 1 N–H and O–H groups in total. The zero-order valence-electron chi connectivity index (χ0n) is 12.7. The van der Waals surface area contributed by atoms with Crippen molar-refractivity contribution in [3.05, 3.63) is 48.3 Å². The summed E-state index contributed by atoms with van der Waals surface area (Å²) in [6.45, 7) is 0.983. The molecule has 1 aromatic carbocycles. The number of hydrogen-bond donors (Lipinski definition) is 1. The average Bonchev–Trinajstić information content (AvgIpc) is 3.19. The summed E-state index contributed by atoms with van der Waals surface area (Å²) in [5.41, 5.74) is 1.56. The molecule has 1 amide bonds. The van der Waals surface area contributed by atoms with Crippen LogP contribution in [0.1, 0.15) is 31.2 Å². The second kappa shape index (κ2) is 6.73. The number of hydrogen-bond acceptors (Lipinski definition) is 3. The van der Waals surface area contributed by atoms with Crippen LogP contribution in [0.15, 0.2) is 42.7 Å². The molecule has 0 spiro atoms. The Morgan fingerprint density at radius 3 is 2.68 bits per heavy atom. The molecule has 0 radical (unpaired) electrons. The lowest BCUT2D eigenvalue weighted by atomic mass is 9.80. The number of nitrogens with one attached hydrogen (secondary N) is 1. The van der Waals surface area contributed by atoms with Gasteiger partial charge in [-0.3, -0.25) is 4.79 Å². The molecule has 116 valence electrons. The van der Waals surface area contributed by atoms with Gasteiger partial charge in [0.2, 0.25) is 5.91 Å². The van der Waals surface area contributed by atoms with Gasteiger partial charge in [-0.1, -0.05) is 48.4 Å². The summed E-state index contributed by atoms with van der Waals surface area (Å²) in [6, 6.07) is 10.6. The monoisotopic (exact) mass is 298 g/mol. The van der Waals surface area contributed by atoms with E-state index in [0.29, 0.717) is 0 Å². The zero-order valence-corrected chi connectivity index (χ0v) is 12.7. The van der Waals surface area contributed by atoms with E-state index in [1.54, 1.807) is 17.1 Å². The Morgan fingerprint density at radius 2 is 2.00 bits per heavy atom. The van der Waals surface area contributed by atoms with Gasteiger partial charge >= 0.3 is 0 Å². The van der Waals surface area contributed by atoms with Gasteiger partial charge in [-0.25, -0.2) is 4.68 Å². The van der Waals surface area contributed by atoms with Crippen molar-refractivity contribution in [2.45, 2.75) is 38.6 Å². The molecule has 1 heterocycles. The van der Waals surface area contributed by atoms with E-state index in [0.717, 1.165) is 13.0 Å². The van der Waals surface area contributed by atoms with Crippen LogP contribution in [-0.2, 0) is 17.8 Å². The van der Waals surface area contributed by atoms with E-state index in [-0.39, 0.29) is 17.9 Å². The average molecular weight is 298 g/mol. The number of nitrogens with zero attached hydrogens (tertiary/aromatic N) is 3. The minimum absolute atomic E-state index is 0.00448. The Kier molecular flexibility index (Phi) is 4.51. The molecule has 5 nitrogen and oxygen atoms in total. The van der Waals surface area contributed by atoms with Gasteiger partial charge in [-0.15, -0.1) is 5.10 Å². The molecule has 0 bridgehead atoms. The van der Waals surface area contributed by atoms with Gasteiger partial charge in [0.15, 0.2) is 0 Å². The SMILES string of the molecule is O=C(Cn1ccnn1)NCC1(Cc2ccccc2)CCCC1. The molecule has 0 aliphatic heterocycles. The van der Waals surface area contributed by atoms with Crippen LogP contribution in [0.3, 0.4) is 0 Å². The normalized spacial score (nSPS) is 16.5. The number of amides is 1. The second-order valence-corrected chi connectivity index (χ2v) is 6.25. The molecule has 1 aliphatic carbocycles. The van der Waals surface area contributed by atoms with Crippen molar-refractivity contribution in [3.8, 4) is 0 Å². The minimum atomic E-state index is 0.00448. The number of benzene rings is 1. The van der Waals surface area contributed by atoms with Crippen LogP contribution in [0.25, 0.3) is 0 Å². The first-order valence-corrected chi connectivity index (χ1v) is 7.91. The van der Waals surface area contributed by atoms with E-state index in [2.05, 4.69) is 39.9 Å². The molecule has 3 rings (SSSR count). The summed E-state index contributed by atoms with van der Waals surface area (Å²) in [6.07, 6.45) is 9.21. The third-order valence-corrected chi connectivity index (χ3v) is 4.52. The van der Waals surface area contributed by atoms with E-state index in [1.807, 2.05) is 6.07 Å². The molecular formula is C17H22N4O. The van der Waals surface area contributed by atoms with Crippen LogP contribution in [-0.4, -0.2) is 27.4 Å². The fourth-order valence-corrected chi connectivity index (χ4v) is 3.38. The summed E-state index contributed by atoms with van der Waals surface area (Å²) in [4.78, 5) is 12.1. The Hall–Kier alpha value is -2.17. The van der Waals surface area contributed by atoms with Gasteiger partial charge in [-0.05, 0) is 30.2 Å². The molecule has 0 atom stereocenters. The van der Waals surface area contributed by atoms with E-state index in [9.17, 15) is 4.79 Å². The Bertz CT molecular complexity index is 588. The summed E-state index contributed by atoms with van der Waals surface area (Å²) in [5, 5.41) is 10.6. The lowest BCUT2D eigenvalue weighted by Crippen LogP contribution is -2.39. The van der Waals surface area contributed by atoms with Gasteiger partial charge in [0, 0.05) is 12.7 Å². The lowest BCUT2D eigenvalue weighted by Gasteiger charge is -2.29. The highest BCUT2D eigenvalue weighted by Gasteiger charge is 2.34. The molecule has 1 fully saturated rings. The first kappa shape index (κ1) is 14.8. The van der Waals surface area contributed by atoms with Crippen molar-refractivity contribution in [2.24, 2.45) is 5.41 Å². The zero-order chi connectivity index (χ0) is 15.3. The molecule has 1 aliphatic rings. The largest absolute Gasteiger partial charge is 0.354 e. The molecule has 2 aromatic rings. The summed E-state index contributed by atoms with van der Waals surface area (Å²) < 4.78 is 1.55. The Labute approximate surface area is 130 Å². The lowest BCUT2D eigenvalue weighted by molar-refractivity contribution is -0.122. The smallest absolute Gasteiger partial charge is 0.241 e. The topological polar surface area (TPSA) is 59.8 Å². The van der Waals surface area contributed by atoms with E-state index in [4.69, 9.17) is 0 Å². The van der Waals surface area contributed by atoms with E-state index < -0.39 is 0 Å². The van der Waals surface area contributed by atoms with Crippen LogP contribution in [0.4, 0.5) is 0 Å². The third-order valence-electron chi connectivity index (χ3n) is 4.52. The predicted molar refractivity (Wildman–Crippen MR) is 84.1 cm³/mol. The molecule has 5 heteroatoms. The standard InChI is InChI=1S/C17H22N4O/c22-16(13-21-11-10-19-20-21)18-14-17(8-4-5-9-17)12-15-6-2-1-3-7-15/h1-3,6-7,10-11H,4-5,8-9,12-14H2,(H,18,22). The number of carbonyl (C=O) groups is 1. The van der Waals surface area contributed by atoms with Crippen LogP contribution in [0.2, 0.25) is 0 Å². The van der Waals surface area contributed by atoms with E-state index >= 15 is 0 Å². The highest BCUT2D eigenvalue weighted by molar-refractivity contribution is 5.75. The highest BCUT2D eigenvalue weighted by Crippen LogP contribution is 2.40. The van der Waals surface area contributed by atoms with Crippen LogP contribution < -0.4 is 5.32 Å². The summed E-state index contributed by atoms with van der Waals surface area (Å²) >= 11 is 0. The fourth-order valence-electron chi connectivity index (χ4n) is 3.38. The molecule has 0 saturated heterocycles. The maximum absolute atomic E-state index is 12.1. The van der Waals surface area contributed by atoms with Gasteiger partial charge in [0.05, 0.1) is 6.20 Å². The quantitative estimate of drug-likeness (QED) is 0.889. The van der Waals surface area contributed by atoms with Crippen molar-refractivity contribution in [2.75, 3.05) is 6.54 Å². The number of rotatable bonds is 6. The van der Waals surface area contributed by atoms with Crippen LogP contribution in [0.5, 0.6) is 0 Å². The predicted octanol–water partition coefficient (Wildman–Crippen LogP) is 2.20. The summed E-state index contributed by atoms with van der Waals surface area (Å²) in [5.74, 6) is 0.00448. The van der Waals surface area contributed by atoms with Crippen molar-refractivity contribution in [3.63, 3.8) is 0 Å². The second-order valence-electron chi connectivity index (χ2n) is 6.25. The van der Waals surface area contributed by atoms with Crippen LogP contribution in [0, 0.1) is 5.41 Å². The first-order chi connectivity index (χ1) is 10.8. The molecule has 0 unspecified atom stereocenters. The highest BCUT2D eigenvalue weighted by atomic mass is 16.2. The number of aromatic nitrogens is 3. The molecule has 1 saturated carbocycles. The fraction of sp³-hybridized carbons (Fsp3) is 0.471. The van der Waals surface area contributed by atoms with Gasteiger partial charge in [0.1, 0.15) is 6.54 Å². The van der Waals surface area contributed by atoms with Crippen molar-refractivity contribution in [1.29, 1.82) is 0 Å². The molecular weight excluding hydrogens is 276 g/mol. The minimum Gasteiger partial charge on any atom is -0.354 e. The van der Waals surface area contributed by atoms with Gasteiger partial charge in [-0.2, -0.15) is 0 Å². The van der Waals surface area contributed by atoms with Gasteiger partial charge < -0.3 is 5.32 Å².